The summed E-state index contributed by atoms with van der Waals surface area (Å²) >= 11 is 0. The summed E-state index contributed by atoms with van der Waals surface area (Å²) in [7, 11) is 1.67. The first kappa shape index (κ1) is 13.8. The van der Waals surface area contributed by atoms with E-state index in [1.165, 1.54) is 0 Å². The molecule has 0 amide bonds. The Morgan fingerprint density at radius 3 is 3.11 bits per heavy atom. The van der Waals surface area contributed by atoms with Gasteiger partial charge in [-0.05, 0) is 26.0 Å². The standard InChI is InChI=1S/C14H19N3O2/c1-14(2)10-17(8-12(19-14)9-18-3)13-6-11(7-15)4-5-16-13/h4-6,12H,8-10H2,1-3H3/t12-/m0/s1. The first-order valence-electron chi connectivity index (χ1n) is 6.32. The van der Waals surface area contributed by atoms with Crippen LogP contribution in [0, 0.1) is 11.3 Å². The third-order valence-electron chi connectivity index (χ3n) is 3.03. The van der Waals surface area contributed by atoms with E-state index in [2.05, 4.69) is 29.8 Å². The van der Waals surface area contributed by atoms with Crippen LogP contribution in [0.3, 0.4) is 0 Å². The van der Waals surface area contributed by atoms with E-state index >= 15 is 0 Å². The topological polar surface area (TPSA) is 58.4 Å². The summed E-state index contributed by atoms with van der Waals surface area (Å²) in [6, 6.07) is 5.66. The average Bonchev–Trinajstić information content (AvgIpc) is 2.37. The van der Waals surface area contributed by atoms with Crippen molar-refractivity contribution in [3.05, 3.63) is 23.9 Å². The maximum absolute atomic E-state index is 8.96. The Labute approximate surface area is 113 Å². The van der Waals surface area contributed by atoms with Crippen molar-refractivity contribution in [2.75, 3.05) is 31.7 Å². The minimum Gasteiger partial charge on any atom is -0.382 e. The molecule has 5 heteroatoms. The Kier molecular flexibility index (Phi) is 4.03. The minimum absolute atomic E-state index is 0.0151. The molecule has 2 rings (SSSR count). The Hall–Kier alpha value is -1.64. The lowest BCUT2D eigenvalue weighted by Crippen LogP contribution is -2.54. The zero-order chi connectivity index (χ0) is 13.9. The van der Waals surface area contributed by atoms with E-state index in [1.807, 2.05) is 6.07 Å². The van der Waals surface area contributed by atoms with Crippen molar-refractivity contribution in [2.45, 2.75) is 25.6 Å². The second-order valence-electron chi connectivity index (χ2n) is 5.35. The molecule has 0 aromatic carbocycles. The highest BCUT2D eigenvalue weighted by Crippen LogP contribution is 2.25. The van der Waals surface area contributed by atoms with Crippen molar-refractivity contribution >= 4 is 5.82 Å². The molecule has 1 aromatic heterocycles. The van der Waals surface area contributed by atoms with Gasteiger partial charge in [0, 0.05) is 26.4 Å². The summed E-state index contributed by atoms with van der Waals surface area (Å²) < 4.78 is 11.1. The Bertz CT molecular complexity index is 482. The molecular weight excluding hydrogens is 242 g/mol. The highest BCUT2D eigenvalue weighted by molar-refractivity contribution is 5.45. The molecule has 1 aliphatic rings. The van der Waals surface area contributed by atoms with Crippen LogP contribution in [0.4, 0.5) is 5.82 Å². The van der Waals surface area contributed by atoms with Gasteiger partial charge >= 0.3 is 0 Å². The Balaban J connectivity index is 2.20. The molecule has 0 radical (unpaired) electrons. The summed E-state index contributed by atoms with van der Waals surface area (Å²) in [5, 5.41) is 8.96. The van der Waals surface area contributed by atoms with E-state index in [4.69, 9.17) is 14.7 Å². The number of rotatable bonds is 3. The Morgan fingerprint density at radius 1 is 1.63 bits per heavy atom. The normalized spacial score (nSPS) is 22.0. The molecule has 1 atom stereocenters. The smallest absolute Gasteiger partial charge is 0.129 e. The van der Waals surface area contributed by atoms with Gasteiger partial charge in [-0.25, -0.2) is 4.98 Å². The third kappa shape index (κ3) is 3.43. The molecule has 0 bridgehead atoms. The van der Waals surface area contributed by atoms with Crippen LogP contribution in [0.2, 0.25) is 0 Å². The van der Waals surface area contributed by atoms with Gasteiger partial charge in [0.05, 0.1) is 29.9 Å². The van der Waals surface area contributed by atoms with Crippen LogP contribution in [-0.4, -0.2) is 43.5 Å². The summed E-state index contributed by atoms with van der Waals surface area (Å²) in [5.41, 5.74) is 0.365. The molecule has 1 saturated heterocycles. The number of nitriles is 1. The second-order valence-corrected chi connectivity index (χ2v) is 5.35. The van der Waals surface area contributed by atoms with E-state index < -0.39 is 0 Å². The fraction of sp³-hybridized carbons (Fsp3) is 0.571. The fourth-order valence-electron chi connectivity index (χ4n) is 2.40. The molecular formula is C14H19N3O2. The fourth-order valence-corrected chi connectivity index (χ4v) is 2.40. The van der Waals surface area contributed by atoms with Gasteiger partial charge in [-0.2, -0.15) is 5.26 Å². The number of nitrogens with zero attached hydrogens (tertiary/aromatic N) is 3. The van der Waals surface area contributed by atoms with Gasteiger partial charge in [-0.3, -0.25) is 0 Å². The average molecular weight is 261 g/mol. The van der Waals surface area contributed by atoms with Gasteiger partial charge in [-0.1, -0.05) is 0 Å². The van der Waals surface area contributed by atoms with E-state index in [0.717, 1.165) is 18.9 Å². The SMILES string of the molecule is COC[C@@H]1CN(c2cc(C#N)ccn2)CC(C)(C)O1. The number of hydrogen-bond donors (Lipinski definition) is 0. The number of ether oxygens (including phenoxy) is 2. The molecule has 1 aliphatic heterocycles. The molecule has 102 valence electrons. The van der Waals surface area contributed by atoms with Crippen LogP contribution in [0.1, 0.15) is 19.4 Å². The molecule has 0 N–H and O–H groups in total. The highest BCUT2D eigenvalue weighted by Gasteiger charge is 2.33. The zero-order valence-corrected chi connectivity index (χ0v) is 11.6. The second kappa shape index (κ2) is 5.55. The Morgan fingerprint density at radius 2 is 2.42 bits per heavy atom. The number of pyridine rings is 1. The number of methoxy groups -OCH3 is 1. The van der Waals surface area contributed by atoms with E-state index in [1.54, 1.807) is 19.4 Å². The minimum atomic E-state index is -0.258. The molecule has 5 nitrogen and oxygen atoms in total. The summed E-state index contributed by atoms with van der Waals surface area (Å²) in [5.74, 6) is 0.816. The van der Waals surface area contributed by atoms with Crippen molar-refractivity contribution in [1.82, 2.24) is 4.98 Å². The molecule has 0 spiro atoms. The predicted octanol–water partition coefficient (Wildman–Crippen LogP) is 1.58. The van der Waals surface area contributed by atoms with Gasteiger partial charge in [0.25, 0.3) is 0 Å². The maximum atomic E-state index is 8.96. The van der Waals surface area contributed by atoms with Gasteiger partial charge in [0.1, 0.15) is 5.82 Å². The maximum Gasteiger partial charge on any atom is 0.129 e. The van der Waals surface area contributed by atoms with E-state index in [0.29, 0.717) is 12.2 Å². The lowest BCUT2D eigenvalue weighted by Gasteiger charge is -2.43. The molecule has 0 aliphatic carbocycles. The van der Waals surface area contributed by atoms with E-state index in [-0.39, 0.29) is 11.7 Å². The van der Waals surface area contributed by atoms with E-state index in [9.17, 15) is 0 Å². The highest BCUT2D eigenvalue weighted by atomic mass is 16.5. The number of aromatic nitrogens is 1. The first-order valence-corrected chi connectivity index (χ1v) is 6.32. The van der Waals surface area contributed by atoms with Gasteiger partial charge in [0.15, 0.2) is 0 Å². The third-order valence-corrected chi connectivity index (χ3v) is 3.03. The zero-order valence-electron chi connectivity index (χ0n) is 11.6. The number of hydrogen-bond acceptors (Lipinski definition) is 5. The number of anilines is 1. The van der Waals surface area contributed by atoms with Gasteiger partial charge in [0.2, 0.25) is 0 Å². The summed E-state index contributed by atoms with van der Waals surface area (Å²) in [6.07, 6.45) is 1.68. The summed E-state index contributed by atoms with van der Waals surface area (Å²) in [4.78, 5) is 6.50. The quantitative estimate of drug-likeness (QED) is 0.827. The molecule has 0 saturated carbocycles. The number of morpholine rings is 1. The monoisotopic (exact) mass is 261 g/mol. The van der Waals surface area contributed by atoms with Crippen molar-refractivity contribution < 1.29 is 9.47 Å². The van der Waals surface area contributed by atoms with Crippen molar-refractivity contribution in [2.24, 2.45) is 0 Å². The van der Waals surface area contributed by atoms with Crippen molar-refractivity contribution in [3.8, 4) is 6.07 Å². The van der Waals surface area contributed by atoms with Crippen LogP contribution in [0.25, 0.3) is 0 Å². The first-order chi connectivity index (χ1) is 9.04. The largest absolute Gasteiger partial charge is 0.382 e. The van der Waals surface area contributed by atoms with Crippen LogP contribution in [-0.2, 0) is 9.47 Å². The predicted molar refractivity (Wildman–Crippen MR) is 72.0 cm³/mol. The molecule has 19 heavy (non-hydrogen) atoms. The lowest BCUT2D eigenvalue weighted by molar-refractivity contribution is -0.106. The molecule has 1 fully saturated rings. The van der Waals surface area contributed by atoms with Gasteiger partial charge in [-0.15, -0.1) is 0 Å². The summed E-state index contributed by atoms with van der Waals surface area (Å²) in [6.45, 7) is 6.12. The van der Waals surface area contributed by atoms with Crippen LogP contribution < -0.4 is 4.90 Å². The van der Waals surface area contributed by atoms with Crippen molar-refractivity contribution in [1.29, 1.82) is 5.26 Å². The van der Waals surface area contributed by atoms with Crippen LogP contribution >= 0.6 is 0 Å². The molecule has 1 aromatic rings. The van der Waals surface area contributed by atoms with Crippen LogP contribution in [0.15, 0.2) is 18.3 Å². The molecule has 0 unspecified atom stereocenters. The van der Waals surface area contributed by atoms with Crippen molar-refractivity contribution in [3.63, 3.8) is 0 Å². The van der Waals surface area contributed by atoms with Crippen LogP contribution in [0.5, 0.6) is 0 Å². The van der Waals surface area contributed by atoms with Gasteiger partial charge < -0.3 is 14.4 Å². The lowest BCUT2D eigenvalue weighted by atomic mass is 10.1. The molecule has 2 heterocycles.